The van der Waals surface area contributed by atoms with Crippen molar-refractivity contribution in [3.63, 3.8) is 0 Å². The van der Waals surface area contributed by atoms with Gasteiger partial charge < -0.3 is 0 Å². The maximum absolute atomic E-state index is 4.61. The number of aryl methyl sites for hydroxylation is 2. The van der Waals surface area contributed by atoms with Crippen LogP contribution in [0.1, 0.15) is 43.5 Å². The lowest BCUT2D eigenvalue weighted by Crippen LogP contribution is -2.26. The maximum Gasteiger partial charge on any atom is 0.167 e. The molecule has 21 heavy (non-hydrogen) atoms. The van der Waals surface area contributed by atoms with E-state index in [0.29, 0.717) is 5.41 Å². The van der Waals surface area contributed by atoms with Gasteiger partial charge in [-0.15, -0.1) is 11.3 Å². The van der Waals surface area contributed by atoms with Gasteiger partial charge in [0, 0.05) is 4.88 Å². The molecule has 0 N–H and O–H groups in total. The molecule has 3 heterocycles. The molecule has 0 fully saturated rings. The summed E-state index contributed by atoms with van der Waals surface area (Å²) < 4.78 is 1.82. The fraction of sp³-hybridized carbons (Fsp3) is 0.562. The number of hydrogen-bond donors (Lipinski definition) is 0. The van der Waals surface area contributed by atoms with E-state index in [1.54, 1.807) is 6.33 Å². The highest BCUT2D eigenvalue weighted by molar-refractivity contribution is 7.19. The molecule has 0 radical (unpaired) electrons. The average molecular weight is 300 g/mol. The van der Waals surface area contributed by atoms with Gasteiger partial charge in [-0.05, 0) is 43.1 Å². The van der Waals surface area contributed by atoms with Crippen LogP contribution in [0.25, 0.3) is 15.9 Å². The summed E-state index contributed by atoms with van der Waals surface area (Å²) in [4.78, 5) is 11.8. The maximum atomic E-state index is 4.61. The second-order valence-corrected chi connectivity index (χ2v) is 8.25. The molecule has 1 atom stereocenters. The standard InChI is InChI=1S/C16H20N4S/c1-9-18-14-13-11-6-5-10(16(2,3)4)7-12(11)21-15(13)17-8-20(14)19-9/h8,10H,5-7H2,1-4H3/t10-/m0/s1. The van der Waals surface area contributed by atoms with E-state index in [0.717, 1.165) is 28.6 Å². The lowest BCUT2D eigenvalue weighted by atomic mass is 9.72. The van der Waals surface area contributed by atoms with Crippen LogP contribution >= 0.6 is 11.3 Å². The van der Waals surface area contributed by atoms with Crippen molar-refractivity contribution in [2.45, 2.75) is 47.0 Å². The van der Waals surface area contributed by atoms with E-state index < -0.39 is 0 Å². The van der Waals surface area contributed by atoms with E-state index in [1.807, 2.05) is 22.8 Å². The van der Waals surface area contributed by atoms with Gasteiger partial charge in [-0.25, -0.2) is 14.5 Å². The first-order valence-electron chi connectivity index (χ1n) is 7.55. The van der Waals surface area contributed by atoms with Crippen molar-refractivity contribution in [1.29, 1.82) is 0 Å². The second-order valence-electron chi connectivity index (χ2n) is 7.16. The second kappa shape index (κ2) is 4.26. The fourth-order valence-electron chi connectivity index (χ4n) is 3.42. The molecule has 1 aliphatic rings. The molecule has 4 nitrogen and oxygen atoms in total. The van der Waals surface area contributed by atoms with Crippen LogP contribution in [-0.2, 0) is 12.8 Å². The van der Waals surface area contributed by atoms with Crippen LogP contribution in [0.2, 0.25) is 0 Å². The van der Waals surface area contributed by atoms with Gasteiger partial charge in [0.15, 0.2) is 5.65 Å². The van der Waals surface area contributed by atoms with E-state index in [1.165, 1.54) is 28.7 Å². The molecule has 3 aromatic rings. The molecule has 0 saturated heterocycles. The molecule has 1 aliphatic carbocycles. The first-order chi connectivity index (χ1) is 9.93. The third-order valence-corrected chi connectivity index (χ3v) is 5.88. The van der Waals surface area contributed by atoms with Gasteiger partial charge in [0.1, 0.15) is 17.0 Å². The largest absolute Gasteiger partial charge is 0.225 e. The highest BCUT2D eigenvalue weighted by Gasteiger charge is 2.31. The highest BCUT2D eigenvalue weighted by atomic mass is 32.1. The monoisotopic (exact) mass is 300 g/mol. The highest BCUT2D eigenvalue weighted by Crippen LogP contribution is 2.43. The minimum absolute atomic E-state index is 0.377. The Morgan fingerprint density at radius 2 is 2.14 bits per heavy atom. The molecule has 0 unspecified atom stereocenters. The Morgan fingerprint density at radius 1 is 1.33 bits per heavy atom. The Balaban J connectivity index is 1.92. The van der Waals surface area contributed by atoms with Gasteiger partial charge >= 0.3 is 0 Å². The lowest BCUT2D eigenvalue weighted by molar-refractivity contribution is 0.218. The zero-order valence-electron chi connectivity index (χ0n) is 13.0. The number of thiophene rings is 1. The molecule has 4 rings (SSSR count). The first kappa shape index (κ1) is 13.2. The predicted molar refractivity (Wildman–Crippen MR) is 85.9 cm³/mol. The molecular formula is C16H20N4S. The number of hydrogen-bond acceptors (Lipinski definition) is 4. The van der Waals surface area contributed by atoms with Crippen LogP contribution in [0.5, 0.6) is 0 Å². The fourth-order valence-corrected chi connectivity index (χ4v) is 4.68. The molecule has 0 amide bonds. The van der Waals surface area contributed by atoms with Gasteiger partial charge in [0.25, 0.3) is 0 Å². The molecule has 0 saturated carbocycles. The Morgan fingerprint density at radius 3 is 2.90 bits per heavy atom. The number of nitrogens with zero attached hydrogens (tertiary/aromatic N) is 4. The smallest absolute Gasteiger partial charge is 0.167 e. The van der Waals surface area contributed by atoms with Crippen molar-refractivity contribution in [2.24, 2.45) is 11.3 Å². The number of aromatic nitrogens is 4. The van der Waals surface area contributed by atoms with Crippen molar-refractivity contribution in [3.05, 3.63) is 22.6 Å². The van der Waals surface area contributed by atoms with E-state index >= 15 is 0 Å². The molecule has 5 heteroatoms. The Hall–Kier alpha value is -1.49. The van der Waals surface area contributed by atoms with Gasteiger partial charge in [-0.3, -0.25) is 0 Å². The third-order valence-electron chi connectivity index (χ3n) is 4.72. The summed E-state index contributed by atoms with van der Waals surface area (Å²) in [7, 11) is 0. The summed E-state index contributed by atoms with van der Waals surface area (Å²) in [5.74, 6) is 1.57. The SMILES string of the molecule is Cc1nc2c3c4c(sc3ncn2n1)C[C@@H](C(C)(C)C)CC4. The van der Waals surface area contributed by atoms with Gasteiger partial charge in [0.2, 0.25) is 0 Å². The van der Waals surface area contributed by atoms with Crippen molar-refractivity contribution >= 4 is 27.2 Å². The molecule has 0 aromatic carbocycles. The normalized spacial score (nSPS) is 19.3. The predicted octanol–water partition coefficient (Wildman–Crippen LogP) is 3.80. The van der Waals surface area contributed by atoms with E-state index in [2.05, 4.69) is 35.8 Å². The first-order valence-corrected chi connectivity index (χ1v) is 8.37. The van der Waals surface area contributed by atoms with E-state index in [-0.39, 0.29) is 0 Å². The Kier molecular flexibility index (Phi) is 2.67. The quantitative estimate of drug-likeness (QED) is 0.634. The van der Waals surface area contributed by atoms with Crippen molar-refractivity contribution in [3.8, 4) is 0 Å². The van der Waals surface area contributed by atoms with Crippen LogP contribution in [-0.4, -0.2) is 19.6 Å². The molecular weight excluding hydrogens is 280 g/mol. The van der Waals surface area contributed by atoms with Crippen molar-refractivity contribution in [1.82, 2.24) is 19.6 Å². The van der Waals surface area contributed by atoms with Crippen LogP contribution < -0.4 is 0 Å². The zero-order chi connectivity index (χ0) is 14.8. The molecule has 3 aromatic heterocycles. The minimum atomic E-state index is 0.377. The number of rotatable bonds is 0. The summed E-state index contributed by atoms with van der Waals surface area (Å²) in [6.45, 7) is 9.00. The summed E-state index contributed by atoms with van der Waals surface area (Å²) in [5.41, 5.74) is 2.83. The average Bonchev–Trinajstić information content (AvgIpc) is 2.95. The van der Waals surface area contributed by atoms with E-state index in [9.17, 15) is 0 Å². The Bertz CT molecular complexity index is 837. The Labute approximate surface area is 128 Å². The van der Waals surface area contributed by atoms with Crippen LogP contribution in [0.15, 0.2) is 6.33 Å². The van der Waals surface area contributed by atoms with Gasteiger partial charge in [0.05, 0.1) is 5.39 Å². The summed E-state index contributed by atoms with van der Waals surface area (Å²) >= 11 is 1.85. The summed E-state index contributed by atoms with van der Waals surface area (Å²) in [5, 5.41) is 5.63. The summed E-state index contributed by atoms with van der Waals surface area (Å²) in [6, 6.07) is 0. The van der Waals surface area contributed by atoms with Crippen molar-refractivity contribution < 1.29 is 0 Å². The molecule has 0 spiro atoms. The van der Waals surface area contributed by atoms with Gasteiger partial charge in [-0.1, -0.05) is 20.8 Å². The molecule has 110 valence electrons. The van der Waals surface area contributed by atoms with Crippen LogP contribution in [0.4, 0.5) is 0 Å². The minimum Gasteiger partial charge on any atom is -0.225 e. The van der Waals surface area contributed by atoms with Crippen LogP contribution in [0.3, 0.4) is 0 Å². The third kappa shape index (κ3) is 1.98. The van der Waals surface area contributed by atoms with Crippen molar-refractivity contribution in [2.75, 3.05) is 0 Å². The molecule has 0 aliphatic heterocycles. The zero-order valence-corrected chi connectivity index (χ0v) is 13.8. The summed E-state index contributed by atoms with van der Waals surface area (Å²) in [6.07, 6.45) is 5.38. The molecule has 0 bridgehead atoms. The number of fused-ring (bicyclic) bond motifs is 5. The lowest BCUT2D eigenvalue weighted by Gasteiger charge is -2.33. The van der Waals surface area contributed by atoms with Crippen LogP contribution in [0, 0.1) is 18.3 Å². The van der Waals surface area contributed by atoms with E-state index in [4.69, 9.17) is 0 Å². The van der Waals surface area contributed by atoms with Gasteiger partial charge in [-0.2, -0.15) is 5.10 Å². The topological polar surface area (TPSA) is 43.1 Å².